The Morgan fingerprint density at radius 2 is 2.00 bits per heavy atom. The highest BCUT2D eigenvalue weighted by atomic mass is 16.6. The highest BCUT2D eigenvalue weighted by Crippen LogP contribution is 2.43. The van der Waals surface area contributed by atoms with Crippen LogP contribution in [0.2, 0.25) is 0 Å². The third-order valence-electron chi connectivity index (χ3n) is 3.64. The number of ether oxygens (including phenoxy) is 1. The lowest BCUT2D eigenvalue weighted by Gasteiger charge is -2.27. The van der Waals surface area contributed by atoms with Crippen molar-refractivity contribution in [1.82, 2.24) is 19.5 Å². The van der Waals surface area contributed by atoms with Crippen molar-refractivity contribution in [3.8, 4) is 0 Å². The van der Waals surface area contributed by atoms with E-state index in [-0.39, 0.29) is 11.6 Å². The van der Waals surface area contributed by atoms with Gasteiger partial charge in [0.1, 0.15) is 36.6 Å². The number of rotatable bonds is 0. The number of nitrogen functional groups attached to an aromatic ring is 1. The van der Waals surface area contributed by atoms with Gasteiger partial charge in [0.2, 0.25) is 0 Å². The predicted molar refractivity (Wildman–Crippen MR) is 60.6 cm³/mol. The van der Waals surface area contributed by atoms with Crippen LogP contribution in [0, 0.1) is 0 Å². The molecule has 19 heavy (non-hydrogen) atoms. The van der Waals surface area contributed by atoms with Crippen molar-refractivity contribution in [3.63, 3.8) is 0 Å². The van der Waals surface area contributed by atoms with Crippen molar-refractivity contribution in [1.29, 1.82) is 0 Å². The van der Waals surface area contributed by atoms with Crippen LogP contribution in [0.15, 0.2) is 6.33 Å². The first kappa shape index (κ1) is 11.1. The number of hydrogen-bond donors (Lipinski definition) is 4. The molecule has 5 atom stereocenters. The summed E-state index contributed by atoms with van der Waals surface area (Å²) in [7, 11) is 0. The predicted octanol–water partition coefficient (Wildman–Crippen LogP) is -1.93. The van der Waals surface area contributed by atoms with Crippen LogP contribution in [-0.4, -0.2) is 53.2 Å². The zero-order valence-electron chi connectivity index (χ0n) is 9.58. The molecule has 9 nitrogen and oxygen atoms in total. The highest BCUT2D eigenvalue weighted by Gasteiger charge is 2.53. The van der Waals surface area contributed by atoms with Gasteiger partial charge in [0, 0.05) is 0 Å². The zero-order valence-corrected chi connectivity index (χ0v) is 9.58. The number of aliphatic hydroxyl groups excluding tert-OH is 3. The minimum absolute atomic E-state index is 0.185. The smallest absolute Gasteiger partial charge is 0.167 e. The molecule has 2 bridgehead atoms. The molecule has 2 aromatic rings. The van der Waals surface area contributed by atoms with Crippen molar-refractivity contribution >= 4 is 17.0 Å². The van der Waals surface area contributed by atoms with Crippen molar-refractivity contribution in [2.75, 3.05) is 5.73 Å². The minimum Gasteiger partial charge on any atom is -0.387 e. The second-order valence-corrected chi connectivity index (χ2v) is 4.69. The lowest BCUT2D eigenvalue weighted by Crippen LogP contribution is -2.34. The first-order valence-electron chi connectivity index (χ1n) is 5.77. The molecular formula is C10H11N5O4. The number of aromatic nitrogens is 4. The van der Waals surface area contributed by atoms with E-state index in [1.54, 1.807) is 0 Å². The van der Waals surface area contributed by atoms with E-state index >= 15 is 0 Å². The Morgan fingerprint density at radius 3 is 2.79 bits per heavy atom. The van der Waals surface area contributed by atoms with Crippen LogP contribution in [0.5, 0.6) is 0 Å². The van der Waals surface area contributed by atoms with E-state index in [9.17, 15) is 15.3 Å². The normalized spacial score (nSPS) is 36.7. The van der Waals surface area contributed by atoms with Crippen LogP contribution < -0.4 is 5.73 Å². The fraction of sp³-hybridized carbons (Fsp3) is 0.500. The molecule has 2 aliphatic rings. The average molecular weight is 265 g/mol. The quantitative estimate of drug-likeness (QED) is 0.432. The fourth-order valence-corrected chi connectivity index (χ4v) is 2.71. The van der Waals surface area contributed by atoms with Gasteiger partial charge >= 0.3 is 0 Å². The maximum Gasteiger partial charge on any atom is 0.167 e. The van der Waals surface area contributed by atoms with Gasteiger partial charge in [-0.15, -0.1) is 0 Å². The van der Waals surface area contributed by atoms with Crippen LogP contribution in [0.25, 0.3) is 11.2 Å². The molecule has 0 saturated carbocycles. The van der Waals surface area contributed by atoms with Gasteiger partial charge in [-0.2, -0.15) is 0 Å². The number of nitrogens with two attached hydrogens (primary N) is 1. The molecule has 4 heterocycles. The van der Waals surface area contributed by atoms with Gasteiger partial charge in [0.25, 0.3) is 0 Å². The number of hydrogen-bond acceptors (Lipinski definition) is 8. The van der Waals surface area contributed by atoms with Gasteiger partial charge in [-0.25, -0.2) is 15.0 Å². The number of nitrogens with zero attached hydrogens (tertiary/aromatic N) is 4. The SMILES string of the molecule is Nc1ncnc2c1nc1n2C2OC([C@@H]1O)[C@@H](O)[C@H]2O. The van der Waals surface area contributed by atoms with Gasteiger partial charge in [-0.05, 0) is 0 Å². The van der Waals surface area contributed by atoms with E-state index in [0.29, 0.717) is 11.2 Å². The van der Waals surface area contributed by atoms with Crippen molar-refractivity contribution in [2.45, 2.75) is 30.6 Å². The highest BCUT2D eigenvalue weighted by molar-refractivity contribution is 5.82. The molecule has 0 aliphatic carbocycles. The molecule has 4 rings (SSSR count). The average Bonchev–Trinajstić information content (AvgIpc) is 2.89. The third-order valence-corrected chi connectivity index (χ3v) is 3.64. The summed E-state index contributed by atoms with van der Waals surface area (Å²) in [5.41, 5.74) is 6.41. The number of anilines is 1. The van der Waals surface area contributed by atoms with Gasteiger partial charge in [-0.1, -0.05) is 0 Å². The standard InChI is InChI=1S/C10H11N5O4/c11-7-2-8(13-1-12-7)15-9(14-2)5(18)6-3(16)4(17)10(15)19-6/h1,3-6,10,16-18H,(H2,11,12,13)/t3-,4+,5-,6?,10?/m0/s1. The number of fused-ring (bicyclic) bond motifs is 6. The monoisotopic (exact) mass is 265 g/mol. The summed E-state index contributed by atoms with van der Waals surface area (Å²) in [6, 6.07) is 0. The van der Waals surface area contributed by atoms with E-state index in [0.717, 1.165) is 0 Å². The van der Waals surface area contributed by atoms with E-state index in [1.807, 2.05) is 0 Å². The second-order valence-electron chi connectivity index (χ2n) is 4.69. The first-order valence-corrected chi connectivity index (χ1v) is 5.77. The Hall–Kier alpha value is -1.81. The fourth-order valence-electron chi connectivity index (χ4n) is 2.71. The summed E-state index contributed by atoms with van der Waals surface area (Å²) in [6.07, 6.45) is -3.96. The van der Waals surface area contributed by atoms with Crippen molar-refractivity contribution in [2.24, 2.45) is 0 Å². The van der Waals surface area contributed by atoms with E-state index < -0.39 is 30.6 Å². The topological polar surface area (TPSA) is 140 Å². The summed E-state index contributed by atoms with van der Waals surface area (Å²) in [5, 5.41) is 30.0. The lowest BCUT2D eigenvalue weighted by molar-refractivity contribution is -0.114. The number of imidazole rings is 1. The van der Waals surface area contributed by atoms with Crippen LogP contribution in [-0.2, 0) is 4.74 Å². The van der Waals surface area contributed by atoms with Crippen LogP contribution >= 0.6 is 0 Å². The zero-order chi connectivity index (χ0) is 13.3. The molecule has 0 spiro atoms. The summed E-state index contributed by atoms with van der Waals surface area (Å²) in [4.78, 5) is 12.1. The molecule has 5 N–H and O–H groups in total. The Balaban J connectivity index is 2.03. The number of aliphatic hydroxyl groups is 3. The van der Waals surface area contributed by atoms with Gasteiger partial charge in [0.15, 0.2) is 23.2 Å². The molecule has 1 fully saturated rings. The van der Waals surface area contributed by atoms with Crippen LogP contribution in [0.3, 0.4) is 0 Å². The van der Waals surface area contributed by atoms with Gasteiger partial charge in [-0.3, -0.25) is 4.57 Å². The molecule has 0 amide bonds. The van der Waals surface area contributed by atoms with Crippen LogP contribution in [0.4, 0.5) is 5.82 Å². The molecular weight excluding hydrogens is 254 g/mol. The first-order chi connectivity index (χ1) is 9.09. The third kappa shape index (κ3) is 1.20. The van der Waals surface area contributed by atoms with Crippen molar-refractivity contribution in [3.05, 3.63) is 12.2 Å². The molecule has 2 unspecified atom stereocenters. The van der Waals surface area contributed by atoms with Gasteiger partial charge < -0.3 is 25.8 Å². The van der Waals surface area contributed by atoms with E-state index in [4.69, 9.17) is 10.5 Å². The molecule has 1 saturated heterocycles. The minimum atomic E-state index is -1.17. The summed E-state index contributed by atoms with van der Waals surface area (Å²) in [5.74, 6) is 0.448. The summed E-state index contributed by atoms with van der Waals surface area (Å²) in [6.45, 7) is 0. The maximum atomic E-state index is 10.2. The van der Waals surface area contributed by atoms with Crippen LogP contribution in [0.1, 0.15) is 18.2 Å². The molecule has 0 radical (unpaired) electrons. The van der Waals surface area contributed by atoms with Gasteiger partial charge in [0.05, 0.1) is 0 Å². The van der Waals surface area contributed by atoms with E-state index in [1.165, 1.54) is 10.9 Å². The molecule has 2 aliphatic heterocycles. The molecule has 100 valence electrons. The lowest BCUT2D eigenvalue weighted by atomic mass is 10.1. The second kappa shape index (κ2) is 3.39. The molecule has 0 aromatic carbocycles. The molecule has 9 heteroatoms. The summed E-state index contributed by atoms with van der Waals surface area (Å²) < 4.78 is 6.89. The Morgan fingerprint density at radius 1 is 1.21 bits per heavy atom. The van der Waals surface area contributed by atoms with E-state index in [2.05, 4.69) is 15.0 Å². The molecule has 2 aromatic heterocycles. The summed E-state index contributed by atoms with van der Waals surface area (Å²) >= 11 is 0. The Labute approximate surface area is 106 Å². The Bertz CT molecular complexity index is 673. The maximum absolute atomic E-state index is 10.2. The Kier molecular flexibility index (Phi) is 1.97. The largest absolute Gasteiger partial charge is 0.387 e. The van der Waals surface area contributed by atoms with Crippen molar-refractivity contribution < 1.29 is 20.1 Å².